The molecule has 11 heteroatoms. The number of alkyl halides is 3. The van der Waals surface area contributed by atoms with Crippen molar-refractivity contribution >= 4 is 17.2 Å². The van der Waals surface area contributed by atoms with Crippen molar-refractivity contribution in [2.45, 2.75) is 90.3 Å². The third-order valence-electron chi connectivity index (χ3n) is 9.74. The van der Waals surface area contributed by atoms with Crippen LogP contribution in [-0.4, -0.2) is 35.7 Å². The highest BCUT2D eigenvalue weighted by Crippen LogP contribution is 2.38. The zero-order valence-corrected chi connectivity index (χ0v) is 25.9. The molecule has 8 nitrogen and oxygen atoms in total. The van der Waals surface area contributed by atoms with E-state index in [1.165, 1.54) is 25.0 Å². The molecule has 0 saturated heterocycles. The predicted molar refractivity (Wildman–Crippen MR) is 165 cm³/mol. The van der Waals surface area contributed by atoms with E-state index < -0.39 is 11.9 Å². The van der Waals surface area contributed by atoms with Crippen molar-refractivity contribution in [3.8, 4) is 17.3 Å². The molecule has 2 aliphatic rings. The number of halogens is 3. The molecule has 0 amide bonds. The van der Waals surface area contributed by atoms with Crippen LogP contribution in [0.5, 0.6) is 0 Å². The molecule has 46 heavy (non-hydrogen) atoms. The molecule has 3 aromatic heterocycles. The number of ketones is 2. The van der Waals surface area contributed by atoms with Crippen LogP contribution in [0, 0.1) is 36.0 Å². The highest BCUT2D eigenvalue weighted by atomic mass is 19.4. The van der Waals surface area contributed by atoms with Gasteiger partial charge in [-0.15, -0.1) is 0 Å². The van der Waals surface area contributed by atoms with Gasteiger partial charge in [0.2, 0.25) is 0 Å². The minimum absolute atomic E-state index is 0.0385. The van der Waals surface area contributed by atoms with E-state index >= 15 is 0 Å². The molecule has 0 N–H and O–H groups in total. The van der Waals surface area contributed by atoms with E-state index in [-0.39, 0.29) is 35.4 Å². The van der Waals surface area contributed by atoms with Crippen molar-refractivity contribution in [3.63, 3.8) is 0 Å². The Hall–Kier alpha value is -4.33. The number of aryl methyl sites for hydroxylation is 1. The van der Waals surface area contributed by atoms with Crippen molar-refractivity contribution in [1.82, 2.24) is 24.1 Å². The average molecular weight is 631 g/mol. The van der Waals surface area contributed by atoms with E-state index in [1.807, 2.05) is 31.2 Å². The maximum Gasteiger partial charge on any atom is 0.435 e. The molecule has 0 atom stereocenters. The lowest BCUT2D eigenvalue weighted by Crippen LogP contribution is -2.26. The number of nitriles is 1. The summed E-state index contributed by atoms with van der Waals surface area (Å²) in [5.74, 6) is 1.17. The summed E-state index contributed by atoms with van der Waals surface area (Å²) >= 11 is 0. The zero-order valence-electron chi connectivity index (χ0n) is 25.9. The van der Waals surface area contributed by atoms with E-state index in [4.69, 9.17) is 5.26 Å². The first-order valence-corrected chi connectivity index (χ1v) is 16.1. The Morgan fingerprint density at radius 1 is 1.02 bits per heavy atom. The van der Waals surface area contributed by atoms with Gasteiger partial charge in [-0.25, -0.2) is 4.98 Å². The number of Topliss-reactive ketones (excluding diaryl/α,β-unsaturated/α-hetero) is 2. The number of fused-ring (bicyclic) bond motifs is 1. The fourth-order valence-electron chi connectivity index (χ4n) is 7.30. The van der Waals surface area contributed by atoms with Crippen LogP contribution in [0.25, 0.3) is 16.9 Å². The molecule has 0 aliphatic heterocycles. The van der Waals surface area contributed by atoms with E-state index in [1.54, 1.807) is 10.6 Å². The molecule has 4 aromatic rings. The molecule has 2 aliphatic carbocycles. The summed E-state index contributed by atoms with van der Waals surface area (Å²) in [5.41, 5.74) is 2.40. The fraction of sp³-hybridized carbons (Fsp3) is 0.486. The summed E-state index contributed by atoms with van der Waals surface area (Å²) in [6, 6.07) is 7.54. The van der Waals surface area contributed by atoms with Crippen LogP contribution in [0.15, 0.2) is 43.0 Å². The van der Waals surface area contributed by atoms with E-state index in [0.717, 1.165) is 67.2 Å². The van der Waals surface area contributed by atoms with Crippen LogP contribution in [-0.2, 0) is 23.9 Å². The predicted octanol–water partition coefficient (Wildman–Crippen LogP) is 7.56. The molecular formula is C35H37F3N6O2. The van der Waals surface area contributed by atoms with Gasteiger partial charge in [-0.2, -0.15) is 23.5 Å². The highest BCUT2D eigenvalue weighted by molar-refractivity contribution is 5.99. The smallest absolute Gasteiger partial charge is 0.299 e. The van der Waals surface area contributed by atoms with E-state index in [2.05, 4.69) is 15.1 Å². The van der Waals surface area contributed by atoms with Crippen molar-refractivity contribution in [2.24, 2.45) is 17.8 Å². The normalized spacial score (nSPS) is 19.3. The molecule has 0 unspecified atom stereocenters. The Balaban J connectivity index is 1.14. The van der Waals surface area contributed by atoms with Crippen LogP contribution in [0.3, 0.4) is 0 Å². The third-order valence-corrected chi connectivity index (χ3v) is 9.74. The fourth-order valence-corrected chi connectivity index (χ4v) is 7.30. The Morgan fingerprint density at radius 3 is 2.48 bits per heavy atom. The summed E-state index contributed by atoms with van der Waals surface area (Å²) in [6.45, 7) is 1.61. The second-order valence-electron chi connectivity index (χ2n) is 12.9. The summed E-state index contributed by atoms with van der Waals surface area (Å²) in [6.07, 6.45) is 11.0. The largest absolute Gasteiger partial charge is 0.435 e. The minimum atomic E-state index is -4.71. The number of hydrogen-bond acceptors (Lipinski definition) is 6. The summed E-state index contributed by atoms with van der Waals surface area (Å²) in [5, 5.41) is 12.6. The maximum absolute atomic E-state index is 13.8. The second kappa shape index (κ2) is 13.2. The summed E-state index contributed by atoms with van der Waals surface area (Å²) in [7, 11) is 0. The van der Waals surface area contributed by atoms with Crippen LogP contribution in [0.1, 0.15) is 97.1 Å². The van der Waals surface area contributed by atoms with Gasteiger partial charge in [-0.3, -0.25) is 23.7 Å². The molecular weight excluding hydrogens is 593 g/mol. The van der Waals surface area contributed by atoms with Crippen molar-refractivity contribution in [1.29, 1.82) is 5.26 Å². The standard InChI is InChI=1S/C35H37F3N6O2/c1-22-17-24(9-12-27(22)32(46)26-10-7-23(8-11-26)19-31(45)25-5-3-2-4-6-25)18-29-34-41-20-30(44(34)16-14-40-29)28-21-43(15-13-39)42-33(28)35(36,37)38/h9,12,14,16-17,20-21,23,25-26H,2-8,10-11,15,18-19H2,1H3. The van der Waals surface area contributed by atoms with Gasteiger partial charge in [-0.1, -0.05) is 37.5 Å². The second-order valence-corrected chi connectivity index (χ2v) is 12.9. The first-order chi connectivity index (χ1) is 22.1. The number of hydrogen-bond donors (Lipinski definition) is 0. The minimum Gasteiger partial charge on any atom is -0.299 e. The van der Waals surface area contributed by atoms with Gasteiger partial charge in [-0.05, 0) is 62.5 Å². The summed E-state index contributed by atoms with van der Waals surface area (Å²) in [4.78, 5) is 35.2. The highest BCUT2D eigenvalue weighted by Gasteiger charge is 2.38. The number of benzene rings is 1. The van der Waals surface area contributed by atoms with Crippen LogP contribution >= 0.6 is 0 Å². The lowest BCUT2D eigenvalue weighted by molar-refractivity contribution is -0.141. The number of imidazole rings is 1. The monoisotopic (exact) mass is 630 g/mol. The van der Waals surface area contributed by atoms with Crippen molar-refractivity contribution in [2.75, 3.05) is 0 Å². The Kier molecular flexibility index (Phi) is 9.07. The zero-order chi connectivity index (χ0) is 32.4. The molecule has 0 spiro atoms. The molecule has 2 fully saturated rings. The van der Waals surface area contributed by atoms with Crippen LogP contribution < -0.4 is 0 Å². The van der Waals surface area contributed by atoms with Gasteiger partial charge in [0, 0.05) is 48.8 Å². The number of nitrogens with zero attached hydrogens (tertiary/aromatic N) is 6. The molecule has 6 rings (SSSR count). The lowest BCUT2D eigenvalue weighted by atomic mass is 9.74. The van der Waals surface area contributed by atoms with Crippen LogP contribution in [0.4, 0.5) is 13.2 Å². The van der Waals surface area contributed by atoms with Crippen molar-refractivity contribution < 1.29 is 22.8 Å². The van der Waals surface area contributed by atoms with Gasteiger partial charge in [0.15, 0.2) is 17.1 Å². The Labute approximate surface area is 265 Å². The summed E-state index contributed by atoms with van der Waals surface area (Å²) < 4.78 is 43.9. The van der Waals surface area contributed by atoms with Gasteiger partial charge >= 0.3 is 6.18 Å². The third kappa shape index (κ3) is 6.62. The molecule has 240 valence electrons. The number of aromatic nitrogens is 5. The lowest BCUT2D eigenvalue weighted by Gasteiger charge is -2.29. The SMILES string of the molecule is Cc1cc(Cc2nccn3c(-c4cn(CC#N)nc4C(F)(F)F)cnc23)ccc1C(=O)C1CCC(CC(=O)C2CCCCC2)CC1. The van der Waals surface area contributed by atoms with Gasteiger partial charge in [0.1, 0.15) is 12.3 Å². The van der Waals surface area contributed by atoms with Crippen LogP contribution in [0.2, 0.25) is 0 Å². The first-order valence-electron chi connectivity index (χ1n) is 16.1. The average Bonchev–Trinajstić information content (AvgIpc) is 3.67. The number of rotatable bonds is 9. The molecule has 1 aromatic carbocycles. The quantitative estimate of drug-likeness (QED) is 0.177. The molecule has 0 bridgehead atoms. The number of carbonyl (C=O) groups excluding carboxylic acids is 2. The molecule has 0 radical (unpaired) electrons. The van der Waals surface area contributed by atoms with E-state index in [9.17, 15) is 22.8 Å². The van der Waals surface area contributed by atoms with Gasteiger partial charge in [0.05, 0.1) is 29.2 Å². The van der Waals surface area contributed by atoms with Gasteiger partial charge in [0.25, 0.3) is 0 Å². The maximum atomic E-state index is 13.8. The van der Waals surface area contributed by atoms with Gasteiger partial charge < -0.3 is 0 Å². The topological polar surface area (TPSA) is 106 Å². The van der Waals surface area contributed by atoms with E-state index in [0.29, 0.717) is 41.4 Å². The molecule has 2 saturated carbocycles. The Bertz CT molecular complexity index is 1790. The molecule has 3 heterocycles. The first kappa shape index (κ1) is 31.6. The number of carbonyl (C=O) groups is 2. The van der Waals surface area contributed by atoms with Crippen molar-refractivity contribution in [3.05, 3.63) is 71.1 Å². The Morgan fingerprint density at radius 2 is 1.78 bits per heavy atom.